The van der Waals surface area contributed by atoms with Crippen LogP contribution in [0.3, 0.4) is 0 Å². The zero-order valence-corrected chi connectivity index (χ0v) is 8.54. The van der Waals surface area contributed by atoms with Crippen LogP contribution < -0.4 is 11.1 Å². The molecule has 0 radical (unpaired) electrons. The van der Waals surface area contributed by atoms with E-state index in [1.165, 1.54) is 32.5 Å². The van der Waals surface area contributed by atoms with Crippen LogP contribution in [0.4, 0.5) is 0 Å². The second-order valence-corrected chi connectivity index (χ2v) is 4.45. The summed E-state index contributed by atoms with van der Waals surface area (Å²) in [4.78, 5) is 13.2. The van der Waals surface area contributed by atoms with Crippen LogP contribution in [0.25, 0.3) is 0 Å². The molecule has 2 aliphatic heterocycles. The molecule has 0 saturated carbocycles. The average Bonchev–Trinajstić information content (AvgIpc) is 2.17. The molecule has 2 bridgehead atoms. The third kappa shape index (κ3) is 2.25. The lowest BCUT2D eigenvalue weighted by atomic mass is 9.85. The summed E-state index contributed by atoms with van der Waals surface area (Å²) < 4.78 is 0. The van der Waals surface area contributed by atoms with E-state index < -0.39 is 0 Å². The van der Waals surface area contributed by atoms with Crippen molar-refractivity contribution >= 4 is 5.91 Å². The summed E-state index contributed by atoms with van der Waals surface area (Å²) in [6.45, 7) is 3.98. The first-order valence-electron chi connectivity index (χ1n) is 5.50. The van der Waals surface area contributed by atoms with Crippen molar-refractivity contribution in [2.24, 2.45) is 11.7 Å². The molecule has 4 heteroatoms. The number of carbonyl (C=O) groups excluding carboxylic acids is 1. The molecule has 4 nitrogen and oxygen atoms in total. The predicted molar refractivity (Wildman–Crippen MR) is 54.8 cm³/mol. The monoisotopic (exact) mass is 197 g/mol. The molecule has 0 aromatic heterocycles. The summed E-state index contributed by atoms with van der Waals surface area (Å²) in [5.74, 6) is 0.486. The fourth-order valence-corrected chi connectivity index (χ4v) is 2.68. The molecule has 2 aliphatic rings. The highest BCUT2D eigenvalue weighted by molar-refractivity contribution is 5.75. The number of nitrogens with zero attached hydrogens (tertiary/aromatic N) is 1. The van der Waals surface area contributed by atoms with E-state index in [-0.39, 0.29) is 5.91 Å². The molecular weight excluding hydrogens is 178 g/mol. The zero-order chi connectivity index (χ0) is 9.97. The molecule has 2 rings (SSSR count). The van der Waals surface area contributed by atoms with Crippen molar-refractivity contribution < 1.29 is 4.79 Å². The van der Waals surface area contributed by atoms with Gasteiger partial charge in [-0.15, -0.1) is 0 Å². The summed E-state index contributed by atoms with van der Waals surface area (Å²) in [5.41, 5.74) is 5.13. The number of hydrogen-bond acceptors (Lipinski definition) is 3. The Kier molecular flexibility index (Phi) is 3.03. The van der Waals surface area contributed by atoms with Crippen molar-refractivity contribution in [3.63, 3.8) is 0 Å². The van der Waals surface area contributed by atoms with Crippen molar-refractivity contribution in [1.29, 1.82) is 0 Å². The summed E-state index contributed by atoms with van der Waals surface area (Å²) in [5, 5.41) is 3.28. The van der Waals surface area contributed by atoms with Crippen LogP contribution in [-0.4, -0.2) is 43.0 Å². The van der Waals surface area contributed by atoms with Gasteiger partial charge < -0.3 is 16.0 Å². The van der Waals surface area contributed by atoms with Crippen molar-refractivity contribution in [1.82, 2.24) is 10.2 Å². The molecule has 80 valence electrons. The molecule has 14 heavy (non-hydrogen) atoms. The number of carbonyl (C=O) groups is 1. The fraction of sp³-hybridized carbons (Fsp3) is 0.900. The lowest BCUT2D eigenvalue weighted by Crippen LogP contribution is -2.53. The number of piperidine rings is 2. The van der Waals surface area contributed by atoms with E-state index >= 15 is 0 Å². The number of fused-ring (bicyclic) bond motifs is 2. The lowest BCUT2D eigenvalue weighted by molar-refractivity contribution is -0.117. The Labute approximate surface area is 84.8 Å². The fourth-order valence-electron chi connectivity index (χ4n) is 2.68. The molecule has 0 aromatic carbocycles. The first-order valence-corrected chi connectivity index (χ1v) is 5.50. The van der Waals surface area contributed by atoms with Crippen LogP contribution in [-0.2, 0) is 4.79 Å². The van der Waals surface area contributed by atoms with Gasteiger partial charge in [-0.2, -0.15) is 0 Å². The van der Waals surface area contributed by atoms with E-state index in [4.69, 9.17) is 5.73 Å². The summed E-state index contributed by atoms with van der Waals surface area (Å²) in [6.07, 6.45) is 3.77. The molecule has 3 unspecified atom stereocenters. The maximum Gasteiger partial charge on any atom is 0.231 e. The first kappa shape index (κ1) is 9.93. The molecule has 3 N–H and O–H groups in total. The predicted octanol–water partition coefficient (Wildman–Crippen LogP) is -0.454. The van der Waals surface area contributed by atoms with Gasteiger partial charge >= 0.3 is 0 Å². The lowest BCUT2D eigenvalue weighted by Gasteiger charge is -2.42. The average molecular weight is 197 g/mol. The van der Waals surface area contributed by atoms with Crippen LogP contribution in [0.15, 0.2) is 0 Å². The Hall–Kier alpha value is -0.610. The van der Waals surface area contributed by atoms with E-state index in [0.717, 1.165) is 12.3 Å². The van der Waals surface area contributed by atoms with Crippen LogP contribution in [0.1, 0.15) is 19.3 Å². The Bertz CT molecular complexity index is 219. The van der Waals surface area contributed by atoms with E-state index in [0.29, 0.717) is 12.6 Å². The van der Waals surface area contributed by atoms with E-state index in [1.54, 1.807) is 0 Å². The molecule has 0 spiro atoms. The van der Waals surface area contributed by atoms with Gasteiger partial charge in [0.05, 0.1) is 6.54 Å². The molecule has 2 heterocycles. The maximum atomic E-state index is 10.7. The minimum Gasteiger partial charge on any atom is -0.369 e. The van der Waals surface area contributed by atoms with E-state index in [2.05, 4.69) is 10.2 Å². The quantitative estimate of drug-likeness (QED) is 0.644. The molecule has 1 amide bonds. The van der Waals surface area contributed by atoms with Crippen LogP contribution in [0.5, 0.6) is 0 Å². The highest BCUT2D eigenvalue weighted by Crippen LogP contribution is 2.26. The Balaban J connectivity index is 1.83. The van der Waals surface area contributed by atoms with Gasteiger partial charge in [-0.1, -0.05) is 0 Å². The highest BCUT2D eigenvalue weighted by atomic mass is 16.1. The Morgan fingerprint density at radius 3 is 3.07 bits per heavy atom. The Morgan fingerprint density at radius 1 is 1.43 bits per heavy atom. The third-order valence-corrected chi connectivity index (χ3v) is 3.41. The molecule has 3 atom stereocenters. The minimum absolute atomic E-state index is 0.247. The molecule has 2 saturated heterocycles. The number of amides is 1. The second kappa shape index (κ2) is 4.28. The standard InChI is InChI=1S/C10H19N3O/c11-10(14)6-12-9-3-5-13-4-1-2-8(9)7-13/h8-9,12H,1-7H2,(H2,11,14). The summed E-state index contributed by atoms with van der Waals surface area (Å²) in [7, 11) is 0. The van der Waals surface area contributed by atoms with Crippen LogP contribution >= 0.6 is 0 Å². The van der Waals surface area contributed by atoms with Gasteiger partial charge in [0, 0.05) is 12.6 Å². The number of nitrogens with two attached hydrogens (primary N) is 1. The molecule has 0 aromatic rings. The van der Waals surface area contributed by atoms with Crippen molar-refractivity contribution in [2.45, 2.75) is 25.3 Å². The van der Waals surface area contributed by atoms with Crippen LogP contribution in [0, 0.1) is 5.92 Å². The number of hydrogen-bond donors (Lipinski definition) is 2. The highest BCUT2D eigenvalue weighted by Gasteiger charge is 2.31. The maximum absolute atomic E-state index is 10.7. The number of rotatable bonds is 3. The van der Waals surface area contributed by atoms with Gasteiger partial charge in [0.1, 0.15) is 0 Å². The molecule has 0 aliphatic carbocycles. The van der Waals surface area contributed by atoms with Crippen molar-refractivity contribution in [3.05, 3.63) is 0 Å². The Morgan fingerprint density at radius 2 is 2.29 bits per heavy atom. The molecule has 2 fully saturated rings. The third-order valence-electron chi connectivity index (χ3n) is 3.41. The summed E-state index contributed by atoms with van der Waals surface area (Å²) in [6, 6.07) is 0.513. The van der Waals surface area contributed by atoms with Crippen molar-refractivity contribution in [2.75, 3.05) is 26.2 Å². The van der Waals surface area contributed by atoms with Gasteiger partial charge in [0.25, 0.3) is 0 Å². The topological polar surface area (TPSA) is 58.4 Å². The number of nitrogens with one attached hydrogen (secondary N) is 1. The van der Waals surface area contributed by atoms with Gasteiger partial charge in [-0.25, -0.2) is 0 Å². The van der Waals surface area contributed by atoms with Gasteiger partial charge in [0.15, 0.2) is 0 Å². The van der Waals surface area contributed by atoms with Gasteiger partial charge in [-0.3, -0.25) is 4.79 Å². The SMILES string of the molecule is NC(=O)CNC1CCN2CCCC1C2. The molecular formula is C10H19N3O. The van der Waals surface area contributed by atoms with Crippen molar-refractivity contribution in [3.8, 4) is 0 Å². The zero-order valence-electron chi connectivity index (χ0n) is 8.54. The largest absolute Gasteiger partial charge is 0.369 e. The van der Waals surface area contributed by atoms with E-state index in [1.807, 2.05) is 0 Å². The van der Waals surface area contributed by atoms with E-state index in [9.17, 15) is 4.79 Å². The van der Waals surface area contributed by atoms with Gasteiger partial charge in [0.2, 0.25) is 5.91 Å². The normalized spacial score (nSPS) is 36.7. The number of primary amides is 1. The smallest absolute Gasteiger partial charge is 0.231 e. The summed E-state index contributed by atoms with van der Waals surface area (Å²) >= 11 is 0. The second-order valence-electron chi connectivity index (χ2n) is 4.45. The van der Waals surface area contributed by atoms with Crippen LogP contribution in [0.2, 0.25) is 0 Å². The van der Waals surface area contributed by atoms with Gasteiger partial charge in [-0.05, 0) is 38.3 Å². The minimum atomic E-state index is -0.247. The first-order chi connectivity index (χ1) is 6.75.